The third-order valence-corrected chi connectivity index (χ3v) is 4.67. The molecule has 4 heteroatoms. The summed E-state index contributed by atoms with van der Waals surface area (Å²) in [6.45, 7) is 0. The zero-order chi connectivity index (χ0) is 14.1. The molecule has 0 aliphatic heterocycles. The zero-order valence-electron chi connectivity index (χ0n) is 11.8. The molecule has 1 aromatic carbocycles. The van der Waals surface area contributed by atoms with Gasteiger partial charge in [0.1, 0.15) is 5.82 Å². The van der Waals surface area contributed by atoms with Crippen LogP contribution in [-0.2, 0) is 7.05 Å². The Balaban J connectivity index is 1.92. The Hall–Kier alpha value is -1.48. The van der Waals surface area contributed by atoms with Crippen LogP contribution in [0.25, 0.3) is 11.1 Å². The number of benzene rings is 1. The molecule has 0 saturated heterocycles. The molecule has 1 saturated carbocycles. The predicted octanol–water partition coefficient (Wildman–Crippen LogP) is 4.37. The van der Waals surface area contributed by atoms with Crippen molar-refractivity contribution in [1.29, 1.82) is 0 Å². The third kappa shape index (κ3) is 2.42. The lowest BCUT2D eigenvalue weighted by molar-refractivity contribution is 0.444. The van der Waals surface area contributed by atoms with E-state index in [4.69, 9.17) is 17.3 Å². The van der Waals surface area contributed by atoms with Crippen LogP contribution in [-0.4, -0.2) is 9.78 Å². The van der Waals surface area contributed by atoms with E-state index >= 15 is 0 Å². The molecular weight excluding hydrogens is 270 g/mol. The molecule has 0 unspecified atom stereocenters. The van der Waals surface area contributed by atoms with Crippen molar-refractivity contribution in [3.63, 3.8) is 0 Å². The highest BCUT2D eigenvalue weighted by Gasteiger charge is 2.18. The lowest BCUT2D eigenvalue weighted by Crippen LogP contribution is -2.05. The van der Waals surface area contributed by atoms with E-state index in [2.05, 4.69) is 17.2 Å². The van der Waals surface area contributed by atoms with E-state index < -0.39 is 0 Å². The SMILES string of the molecule is Cn1ncc(-c2ccc(C3CCCCC3)c(Cl)c2)c1N. The molecule has 1 fully saturated rings. The Kier molecular flexibility index (Phi) is 3.70. The van der Waals surface area contributed by atoms with Crippen molar-refractivity contribution < 1.29 is 0 Å². The largest absolute Gasteiger partial charge is 0.383 e. The van der Waals surface area contributed by atoms with Crippen molar-refractivity contribution in [3.05, 3.63) is 35.0 Å². The third-order valence-electron chi connectivity index (χ3n) is 4.34. The highest BCUT2D eigenvalue weighted by atomic mass is 35.5. The van der Waals surface area contributed by atoms with E-state index in [0.717, 1.165) is 16.1 Å². The van der Waals surface area contributed by atoms with Crippen LogP contribution in [0.15, 0.2) is 24.4 Å². The van der Waals surface area contributed by atoms with Gasteiger partial charge in [-0.25, -0.2) is 0 Å². The Morgan fingerprint density at radius 3 is 2.60 bits per heavy atom. The van der Waals surface area contributed by atoms with Crippen molar-refractivity contribution in [3.8, 4) is 11.1 Å². The molecule has 1 aliphatic carbocycles. The van der Waals surface area contributed by atoms with E-state index in [1.807, 2.05) is 13.1 Å². The molecule has 1 aliphatic rings. The van der Waals surface area contributed by atoms with Gasteiger partial charge < -0.3 is 5.73 Å². The van der Waals surface area contributed by atoms with Gasteiger partial charge in [-0.15, -0.1) is 0 Å². The maximum absolute atomic E-state index is 6.50. The standard InChI is InChI=1S/C16H20ClN3/c1-20-16(18)14(10-19-20)12-7-8-13(15(17)9-12)11-5-3-2-4-6-11/h7-11H,2-6,18H2,1H3. The number of nitrogen functional groups attached to an aromatic ring is 1. The van der Waals surface area contributed by atoms with Crippen molar-refractivity contribution in [1.82, 2.24) is 9.78 Å². The van der Waals surface area contributed by atoms with Gasteiger partial charge in [0.05, 0.1) is 6.20 Å². The fourth-order valence-electron chi connectivity index (χ4n) is 3.11. The number of hydrogen-bond donors (Lipinski definition) is 1. The molecule has 2 aromatic rings. The molecule has 2 N–H and O–H groups in total. The minimum Gasteiger partial charge on any atom is -0.383 e. The van der Waals surface area contributed by atoms with Gasteiger partial charge in [-0.2, -0.15) is 5.10 Å². The van der Waals surface area contributed by atoms with Gasteiger partial charge >= 0.3 is 0 Å². The number of anilines is 1. The zero-order valence-corrected chi connectivity index (χ0v) is 12.5. The summed E-state index contributed by atoms with van der Waals surface area (Å²) in [4.78, 5) is 0. The van der Waals surface area contributed by atoms with Gasteiger partial charge in [0, 0.05) is 17.6 Å². The highest BCUT2D eigenvalue weighted by Crippen LogP contribution is 2.38. The van der Waals surface area contributed by atoms with E-state index in [0.29, 0.717) is 11.7 Å². The van der Waals surface area contributed by atoms with E-state index in [1.54, 1.807) is 10.9 Å². The van der Waals surface area contributed by atoms with Crippen LogP contribution in [0, 0.1) is 0 Å². The van der Waals surface area contributed by atoms with Gasteiger partial charge in [-0.3, -0.25) is 4.68 Å². The fraction of sp³-hybridized carbons (Fsp3) is 0.438. The maximum Gasteiger partial charge on any atom is 0.129 e. The van der Waals surface area contributed by atoms with Gasteiger partial charge in [0.25, 0.3) is 0 Å². The van der Waals surface area contributed by atoms with Crippen molar-refractivity contribution >= 4 is 17.4 Å². The molecule has 3 rings (SSSR count). The van der Waals surface area contributed by atoms with E-state index in [1.165, 1.54) is 37.7 Å². The normalized spacial score (nSPS) is 16.5. The van der Waals surface area contributed by atoms with Crippen LogP contribution in [0.3, 0.4) is 0 Å². The van der Waals surface area contributed by atoms with Crippen molar-refractivity contribution in [2.45, 2.75) is 38.0 Å². The van der Waals surface area contributed by atoms with Crippen LogP contribution in [0.1, 0.15) is 43.6 Å². The molecule has 3 nitrogen and oxygen atoms in total. The molecule has 0 spiro atoms. The van der Waals surface area contributed by atoms with Gasteiger partial charge in [0.2, 0.25) is 0 Å². The molecular formula is C16H20ClN3. The van der Waals surface area contributed by atoms with Crippen molar-refractivity contribution in [2.24, 2.45) is 7.05 Å². The van der Waals surface area contributed by atoms with E-state index in [-0.39, 0.29) is 0 Å². The average molecular weight is 290 g/mol. The summed E-state index contributed by atoms with van der Waals surface area (Å²) >= 11 is 6.50. The van der Waals surface area contributed by atoms with Crippen LogP contribution >= 0.6 is 11.6 Å². The second-order valence-corrected chi connectivity index (χ2v) is 6.05. The number of nitrogens with two attached hydrogens (primary N) is 1. The molecule has 1 aromatic heterocycles. The van der Waals surface area contributed by atoms with Gasteiger partial charge in [0.15, 0.2) is 0 Å². The van der Waals surface area contributed by atoms with Crippen LogP contribution in [0.4, 0.5) is 5.82 Å². The molecule has 1 heterocycles. The lowest BCUT2D eigenvalue weighted by Gasteiger charge is -2.23. The first-order valence-electron chi connectivity index (χ1n) is 7.24. The summed E-state index contributed by atoms with van der Waals surface area (Å²) in [5, 5.41) is 5.04. The van der Waals surface area contributed by atoms with Crippen LogP contribution in [0.2, 0.25) is 5.02 Å². The molecule has 20 heavy (non-hydrogen) atoms. The first kappa shape index (κ1) is 13.5. The summed E-state index contributed by atoms with van der Waals surface area (Å²) in [5.74, 6) is 1.29. The molecule has 0 atom stereocenters. The van der Waals surface area contributed by atoms with E-state index in [9.17, 15) is 0 Å². The topological polar surface area (TPSA) is 43.8 Å². The Bertz CT molecular complexity index is 612. The van der Waals surface area contributed by atoms with Crippen molar-refractivity contribution in [2.75, 3.05) is 5.73 Å². The summed E-state index contributed by atoms with van der Waals surface area (Å²) in [6.07, 6.45) is 8.30. The van der Waals surface area contributed by atoms with Crippen LogP contribution < -0.4 is 5.73 Å². The average Bonchev–Trinajstić information content (AvgIpc) is 2.80. The Labute approximate surface area is 124 Å². The lowest BCUT2D eigenvalue weighted by atomic mass is 9.83. The molecule has 0 bridgehead atoms. The summed E-state index contributed by atoms with van der Waals surface area (Å²) in [6, 6.07) is 6.31. The number of halogens is 1. The number of aryl methyl sites for hydroxylation is 1. The fourth-order valence-corrected chi connectivity index (χ4v) is 3.44. The number of rotatable bonds is 2. The second kappa shape index (κ2) is 5.49. The number of aromatic nitrogens is 2. The first-order valence-corrected chi connectivity index (χ1v) is 7.62. The van der Waals surface area contributed by atoms with Gasteiger partial charge in [-0.05, 0) is 36.0 Å². The first-order chi connectivity index (χ1) is 9.66. The number of hydrogen-bond acceptors (Lipinski definition) is 2. The Morgan fingerprint density at radius 2 is 2.00 bits per heavy atom. The minimum atomic E-state index is 0.622. The second-order valence-electron chi connectivity index (χ2n) is 5.64. The monoisotopic (exact) mass is 289 g/mol. The summed E-state index contributed by atoms with van der Waals surface area (Å²) in [7, 11) is 1.84. The summed E-state index contributed by atoms with van der Waals surface area (Å²) in [5.41, 5.74) is 9.30. The predicted molar refractivity (Wildman–Crippen MR) is 83.9 cm³/mol. The minimum absolute atomic E-state index is 0.622. The highest BCUT2D eigenvalue weighted by molar-refractivity contribution is 6.31. The summed E-state index contributed by atoms with van der Waals surface area (Å²) < 4.78 is 1.68. The number of nitrogens with zero attached hydrogens (tertiary/aromatic N) is 2. The quantitative estimate of drug-likeness (QED) is 0.892. The van der Waals surface area contributed by atoms with Crippen LogP contribution in [0.5, 0.6) is 0 Å². The Morgan fingerprint density at radius 1 is 1.25 bits per heavy atom. The molecule has 0 radical (unpaired) electrons. The maximum atomic E-state index is 6.50. The molecule has 106 valence electrons. The molecule has 0 amide bonds. The van der Waals surface area contributed by atoms with Gasteiger partial charge in [-0.1, -0.05) is 43.0 Å². The smallest absolute Gasteiger partial charge is 0.129 e.